The van der Waals surface area contributed by atoms with Gasteiger partial charge >= 0.3 is 5.97 Å². The van der Waals surface area contributed by atoms with E-state index in [0.717, 1.165) is 5.69 Å². The fourth-order valence-corrected chi connectivity index (χ4v) is 3.78. The van der Waals surface area contributed by atoms with Crippen LogP contribution in [0.2, 0.25) is 0 Å². The number of anilines is 4. The summed E-state index contributed by atoms with van der Waals surface area (Å²) in [6.07, 6.45) is 1.55. The molecular weight excluding hydrogens is 517 g/mol. The van der Waals surface area contributed by atoms with E-state index in [4.69, 9.17) is 14.2 Å². The topological polar surface area (TPSA) is 123 Å². The molecule has 12 heteroatoms. The maximum absolute atomic E-state index is 13.2. The third-order valence-electron chi connectivity index (χ3n) is 5.80. The number of hydrogen-bond donors (Lipinski definition) is 2. The molecule has 5 rings (SSSR count). The van der Waals surface area contributed by atoms with E-state index in [1.54, 1.807) is 24.4 Å². The molecule has 0 unspecified atom stereocenters. The summed E-state index contributed by atoms with van der Waals surface area (Å²) in [5.41, 5.74) is 4.58. The van der Waals surface area contributed by atoms with E-state index in [1.807, 2.05) is 35.2 Å². The molecule has 4 aromatic rings. The van der Waals surface area contributed by atoms with Gasteiger partial charge in [-0.2, -0.15) is 20.1 Å². The Kier molecular flexibility index (Phi) is 8.37. The summed E-state index contributed by atoms with van der Waals surface area (Å²) in [5.74, 6) is 0.590. The lowest BCUT2D eigenvalue weighted by Crippen LogP contribution is -2.37. The highest BCUT2D eigenvalue weighted by atomic mass is 19.1. The molecule has 2 heterocycles. The van der Waals surface area contributed by atoms with Crippen LogP contribution in [-0.4, -0.2) is 60.5 Å². The molecule has 1 fully saturated rings. The smallest absolute Gasteiger partial charge is 0.343 e. The zero-order chi connectivity index (χ0) is 27.7. The summed E-state index contributed by atoms with van der Waals surface area (Å²) in [7, 11) is 1.46. The summed E-state index contributed by atoms with van der Waals surface area (Å²) in [4.78, 5) is 28.0. The van der Waals surface area contributed by atoms with Gasteiger partial charge in [0.2, 0.25) is 17.8 Å². The van der Waals surface area contributed by atoms with Gasteiger partial charge < -0.3 is 24.4 Å². The number of benzene rings is 3. The van der Waals surface area contributed by atoms with E-state index in [0.29, 0.717) is 49.5 Å². The first kappa shape index (κ1) is 26.5. The summed E-state index contributed by atoms with van der Waals surface area (Å²) >= 11 is 0. The van der Waals surface area contributed by atoms with Gasteiger partial charge in [0.1, 0.15) is 5.82 Å². The van der Waals surface area contributed by atoms with Gasteiger partial charge in [0.05, 0.1) is 32.1 Å². The van der Waals surface area contributed by atoms with Gasteiger partial charge in [0.25, 0.3) is 0 Å². The number of methoxy groups -OCH3 is 1. The number of hydrogen-bond acceptors (Lipinski definition) is 11. The van der Waals surface area contributed by atoms with Crippen LogP contribution in [0, 0.1) is 5.82 Å². The number of aromatic nitrogens is 3. The molecule has 0 bridgehead atoms. The van der Waals surface area contributed by atoms with Crippen molar-refractivity contribution in [1.82, 2.24) is 15.0 Å². The monoisotopic (exact) mass is 543 g/mol. The van der Waals surface area contributed by atoms with E-state index in [9.17, 15) is 9.18 Å². The van der Waals surface area contributed by atoms with Crippen LogP contribution in [-0.2, 0) is 4.74 Å². The molecule has 0 radical (unpaired) electrons. The van der Waals surface area contributed by atoms with Crippen molar-refractivity contribution in [1.29, 1.82) is 0 Å². The Bertz CT molecular complexity index is 1480. The highest BCUT2D eigenvalue weighted by molar-refractivity contribution is 5.91. The Morgan fingerprint density at radius 3 is 2.48 bits per heavy atom. The molecule has 1 aliphatic rings. The molecule has 11 nitrogen and oxygen atoms in total. The van der Waals surface area contributed by atoms with Crippen molar-refractivity contribution < 1.29 is 23.4 Å². The SMILES string of the molecule is COc1cc(/C=N/Nc2nc(Nc3ccccc3)nc(N3CCOCC3)n2)ccc1OC(=O)c1ccc(F)cc1. The van der Waals surface area contributed by atoms with Crippen molar-refractivity contribution in [2.45, 2.75) is 0 Å². The number of carbonyl (C=O) groups excluding carboxylic acids is 1. The summed E-state index contributed by atoms with van der Waals surface area (Å²) in [6, 6.07) is 19.6. The average molecular weight is 544 g/mol. The molecule has 1 aromatic heterocycles. The third kappa shape index (κ3) is 6.85. The Morgan fingerprint density at radius 1 is 0.975 bits per heavy atom. The first-order chi connectivity index (χ1) is 19.6. The first-order valence-electron chi connectivity index (χ1n) is 12.4. The number of nitrogens with one attached hydrogen (secondary N) is 2. The Hall–Kier alpha value is -5.10. The predicted molar refractivity (Wildman–Crippen MR) is 148 cm³/mol. The molecule has 0 atom stereocenters. The zero-order valence-corrected chi connectivity index (χ0v) is 21.6. The Morgan fingerprint density at radius 2 is 1.73 bits per heavy atom. The van der Waals surface area contributed by atoms with Crippen LogP contribution in [0.25, 0.3) is 0 Å². The number of rotatable bonds is 9. The maximum Gasteiger partial charge on any atom is 0.343 e. The van der Waals surface area contributed by atoms with Crippen molar-refractivity contribution in [2.24, 2.45) is 5.10 Å². The molecule has 0 aliphatic carbocycles. The lowest BCUT2D eigenvalue weighted by Gasteiger charge is -2.27. The van der Waals surface area contributed by atoms with E-state index in [1.165, 1.54) is 31.4 Å². The largest absolute Gasteiger partial charge is 0.493 e. The van der Waals surface area contributed by atoms with E-state index in [-0.39, 0.29) is 17.3 Å². The lowest BCUT2D eigenvalue weighted by molar-refractivity contribution is 0.0729. The lowest BCUT2D eigenvalue weighted by atomic mass is 10.2. The van der Waals surface area contributed by atoms with Crippen LogP contribution in [0.4, 0.5) is 27.9 Å². The average Bonchev–Trinajstić information content (AvgIpc) is 2.99. The summed E-state index contributed by atoms with van der Waals surface area (Å²) in [5, 5.41) is 7.47. The molecule has 3 aromatic carbocycles. The van der Waals surface area contributed by atoms with E-state index >= 15 is 0 Å². The number of ether oxygens (including phenoxy) is 3. The molecule has 204 valence electrons. The quantitative estimate of drug-likeness (QED) is 0.137. The Balaban J connectivity index is 1.30. The number of hydrazone groups is 1. The molecule has 0 spiro atoms. The number of halogens is 1. The van der Waals surface area contributed by atoms with Crippen molar-refractivity contribution in [3.63, 3.8) is 0 Å². The minimum atomic E-state index is -0.632. The molecule has 2 N–H and O–H groups in total. The second-order valence-corrected chi connectivity index (χ2v) is 8.55. The zero-order valence-electron chi connectivity index (χ0n) is 21.6. The Labute approximate surface area is 229 Å². The molecule has 0 saturated carbocycles. The summed E-state index contributed by atoms with van der Waals surface area (Å²) in [6.45, 7) is 2.50. The minimum absolute atomic E-state index is 0.214. The van der Waals surface area contributed by atoms with Gasteiger partial charge in [0, 0.05) is 18.8 Å². The standard InChI is InChI=1S/C28H26FN7O4/c1-38-24-17-19(7-12-23(24)40-25(37)20-8-10-21(29)11-9-20)18-30-35-27-32-26(31-22-5-3-2-4-6-22)33-28(34-27)36-13-15-39-16-14-36/h2-12,17-18H,13-16H2,1H3,(H2,31,32,33,34,35)/b30-18+. The number of morpholine rings is 1. The molecular formula is C28H26FN7O4. The molecule has 40 heavy (non-hydrogen) atoms. The fraction of sp³-hybridized carbons (Fsp3) is 0.179. The van der Waals surface area contributed by atoms with Crippen molar-refractivity contribution in [2.75, 3.05) is 49.1 Å². The van der Waals surface area contributed by atoms with Gasteiger partial charge in [-0.3, -0.25) is 0 Å². The van der Waals surface area contributed by atoms with Crippen LogP contribution in [0.1, 0.15) is 15.9 Å². The molecule has 0 amide bonds. The highest BCUT2D eigenvalue weighted by Gasteiger charge is 2.17. The van der Waals surface area contributed by atoms with Gasteiger partial charge in [-0.1, -0.05) is 18.2 Å². The van der Waals surface area contributed by atoms with E-state index in [2.05, 4.69) is 30.8 Å². The molecule has 1 aliphatic heterocycles. The van der Waals surface area contributed by atoms with Crippen molar-refractivity contribution in [3.8, 4) is 11.5 Å². The van der Waals surface area contributed by atoms with Crippen molar-refractivity contribution in [3.05, 3.63) is 89.7 Å². The number of esters is 1. The highest BCUT2D eigenvalue weighted by Crippen LogP contribution is 2.28. The van der Waals surface area contributed by atoms with Crippen LogP contribution in [0.3, 0.4) is 0 Å². The maximum atomic E-state index is 13.2. The second-order valence-electron chi connectivity index (χ2n) is 8.55. The fourth-order valence-electron chi connectivity index (χ4n) is 3.78. The van der Waals surface area contributed by atoms with Crippen LogP contribution in [0.5, 0.6) is 11.5 Å². The van der Waals surface area contributed by atoms with Crippen LogP contribution < -0.4 is 25.1 Å². The second kappa shape index (κ2) is 12.6. The van der Waals surface area contributed by atoms with Gasteiger partial charge in [-0.15, -0.1) is 0 Å². The third-order valence-corrected chi connectivity index (χ3v) is 5.80. The van der Waals surface area contributed by atoms with Crippen LogP contribution in [0.15, 0.2) is 77.9 Å². The minimum Gasteiger partial charge on any atom is -0.493 e. The number of carbonyl (C=O) groups is 1. The summed E-state index contributed by atoms with van der Waals surface area (Å²) < 4.78 is 29.4. The van der Waals surface area contributed by atoms with Gasteiger partial charge in [-0.05, 0) is 60.2 Å². The normalized spacial score (nSPS) is 13.2. The van der Waals surface area contributed by atoms with Crippen molar-refractivity contribution >= 4 is 35.7 Å². The van der Waals surface area contributed by atoms with E-state index < -0.39 is 11.8 Å². The predicted octanol–water partition coefficient (Wildman–Crippen LogP) is 4.26. The first-order valence-corrected chi connectivity index (χ1v) is 12.4. The number of nitrogens with zero attached hydrogens (tertiary/aromatic N) is 5. The number of para-hydroxylation sites is 1. The van der Waals surface area contributed by atoms with Crippen LogP contribution >= 0.6 is 0 Å². The van der Waals surface area contributed by atoms with Gasteiger partial charge in [0.15, 0.2) is 11.5 Å². The van der Waals surface area contributed by atoms with Gasteiger partial charge in [-0.25, -0.2) is 14.6 Å². The molecule has 1 saturated heterocycles.